The predicted molar refractivity (Wildman–Crippen MR) is 124 cm³/mol. The summed E-state index contributed by atoms with van der Waals surface area (Å²) >= 11 is 0. The Hall–Kier alpha value is -3.32. The lowest BCUT2D eigenvalue weighted by Crippen LogP contribution is -3.11. The van der Waals surface area contributed by atoms with Crippen molar-refractivity contribution >= 4 is 16.9 Å². The molecular weight excluding hydrogens is 422 g/mol. The predicted octanol–water partition coefficient (Wildman–Crippen LogP) is 3.67. The van der Waals surface area contributed by atoms with E-state index in [1.165, 1.54) is 11.2 Å². The van der Waals surface area contributed by atoms with Crippen molar-refractivity contribution in [3.63, 3.8) is 0 Å². The first-order valence-corrected chi connectivity index (χ1v) is 11.5. The molecule has 1 aromatic heterocycles. The largest absolute Gasteiger partial charge is 0.507 e. The topological polar surface area (TPSA) is 90.4 Å². The van der Waals surface area contributed by atoms with Crippen molar-refractivity contribution in [1.82, 2.24) is 0 Å². The molecule has 0 atom stereocenters. The third-order valence-corrected chi connectivity index (χ3v) is 6.15. The van der Waals surface area contributed by atoms with Crippen molar-refractivity contribution in [3.8, 4) is 17.2 Å². The van der Waals surface area contributed by atoms with Crippen LogP contribution in [0.1, 0.15) is 49.0 Å². The summed E-state index contributed by atoms with van der Waals surface area (Å²) in [7, 11) is 0. The van der Waals surface area contributed by atoms with Gasteiger partial charge in [-0.1, -0.05) is 13.8 Å². The molecular formula is C26H30NO6+. The van der Waals surface area contributed by atoms with Gasteiger partial charge in [0, 0.05) is 0 Å². The molecule has 4 rings (SSSR count). The van der Waals surface area contributed by atoms with Crippen LogP contribution in [-0.4, -0.2) is 30.8 Å². The number of hydrogen-bond acceptors (Lipinski definition) is 6. The Balaban J connectivity index is 1.55. The Morgan fingerprint density at radius 3 is 2.58 bits per heavy atom. The number of phenolic OH excluding ortho intramolecular Hbond substituents is 1. The lowest BCUT2D eigenvalue weighted by molar-refractivity contribution is -0.919. The van der Waals surface area contributed by atoms with Crippen LogP contribution in [0.2, 0.25) is 0 Å². The Kier molecular flexibility index (Phi) is 6.99. The number of hydrogen-bond donors (Lipinski definition) is 2. The van der Waals surface area contributed by atoms with E-state index in [1.54, 1.807) is 36.4 Å². The van der Waals surface area contributed by atoms with Crippen molar-refractivity contribution < 1.29 is 28.7 Å². The highest BCUT2D eigenvalue weighted by molar-refractivity contribution is 5.89. The van der Waals surface area contributed by atoms with Gasteiger partial charge in [-0.05, 0) is 61.6 Å². The Labute approximate surface area is 192 Å². The lowest BCUT2D eigenvalue weighted by atomic mass is 9.98. The summed E-state index contributed by atoms with van der Waals surface area (Å²) in [6.45, 7) is 7.23. The van der Waals surface area contributed by atoms with Crippen LogP contribution in [0.15, 0.2) is 51.9 Å². The second-order valence-corrected chi connectivity index (χ2v) is 8.74. The van der Waals surface area contributed by atoms with E-state index in [4.69, 9.17) is 13.9 Å². The first kappa shape index (κ1) is 22.9. The number of fused-ring (bicyclic) bond motifs is 1. The number of carbonyl (C=O) groups is 1. The van der Waals surface area contributed by atoms with Gasteiger partial charge in [-0.2, -0.15) is 0 Å². The molecule has 2 heterocycles. The number of rotatable bonds is 7. The molecule has 7 nitrogen and oxygen atoms in total. The summed E-state index contributed by atoms with van der Waals surface area (Å²) in [5.74, 6) is 0.907. The smallest absolute Gasteiger partial charge is 0.338 e. The lowest BCUT2D eigenvalue weighted by Gasteiger charge is -2.27. The summed E-state index contributed by atoms with van der Waals surface area (Å²) in [5, 5.41) is 10.8. The molecule has 174 valence electrons. The number of likely N-dealkylation sites (tertiary alicyclic amines) is 1. The number of carbonyl (C=O) groups excluding carboxylic acids is 1. The molecule has 0 aliphatic carbocycles. The van der Waals surface area contributed by atoms with E-state index in [0.717, 1.165) is 38.3 Å². The fourth-order valence-electron chi connectivity index (χ4n) is 4.13. The van der Waals surface area contributed by atoms with Crippen molar-refractivity contribution in [2.45, 2.75) is 39.7 Å². The van der Waals surface area contributed by atoms with Gasteiger partial charge in [0.2, 0.25) is 11.2 Å². The minimum atomic E-state index is -0.397. The Morgan fingerprint density at radius 1 is 1.15 bits per heavy atom. The number of aromatic hydroxyl groups is 1. The maximum absolute atomic E-state index is 13.1. The molecule has 0 spiro atoms. The van der Waals surface area contributed by atoms with Crippen LogP contribution in [0.4, 0.5) is 0 Å². The van der Waals surface area contributed by atoms with Gasteiger partial charge in [-0.15, -0.1) is 0 Å². The van der Waals surface area contributed by atoms with E-state index in [9.17, 15) is 14.7 Å². The zero-order valence-electron chi connectivity index (χ0n) is 19.1. The first-order chi connectivity index (χ1) is 16.0. The fourth-order valence-corrected chi connectivity index (χ4v) is 4.13. The molecule has 1 fully saturated rings. The van der Waals surface area contributed by atoms with E-state index < -0.39 is 5.97 Å². The Morgan fingerprint density at radius 2 is 1.88 bits per heavy atom. The van der Waals surface area contributed by atoms with Gasteiger partial charge >= 0.3 is 5.97 Å². The zero-order chi connectivity index (χ0) is 23.4. The monoisotopic (exact) mass is 452 g/mol. The third kappa shape index (κ3) is 5.20. The van der Waals surface area contributed by atoms with E-state index in [2.05, 4.69) is 6.92 Å². The standard InChI is InChI=1S/C26H29NO6/c1-3-14-31-26(30)18-4-6-19(7-5-18)33-23-16-32-25-20(24(23)29)8-9-22(28)21(25)15-27-12-10-17(2)11-13-27/h4-9,16-17,28H,3,10-15H2,1-2H3/p+1. The molecule has 2 aromatic carbocycles. The van der Waals surface area contributed by atoms with Crippen LogP contribution >= 0.6 is 0 Å². The SMILES string of the molecule is CCCOC(=O)c1ccc(Oc2coc3c(C[NH+]4CCC(C)CC4)c(O)ccc3c2=O)cc1. The highest BCUT2D eigenvalue weighted by Crippen LogP contribution is 2.28. The van der Waals surface area contributed by atoms with Crippen LogP contribution in [-0.2, 0) is 11.3 Å². The first-order valence-electron chi connectivity index (χ1n) is 11.5. The van der Waals surface area contributed by atoms with E-state index >= 15 is 0 Å². The summed E-state index contributed by atoms with van der Waals surface area (Å²) in [4.78, 5) is 26.4. The average molecular weight is 453 g/mol. The van der Waals surface area contributed by atoms with Gasteiger partial charge in [-0.25, -0.2) is 4.79 Å². The van der Waals surface area contributed by atoms with Crippen LogP contribution in [0.3, 0.4) is 0 Å². The summed E-state index contributed by atoms with van der Waals surface area (Å²) in [6.07, 6.45) is 4.34. The van der Waals surface area contributed by atoms with Gasteiger partial charge < -0.3 is 23.9 Å². The van der Waals surface area contributed by atoms with Crippen LogP contribution in [0.25, 0.3) is 11.0 Å². The third-order valence-electron chi connectivity index (χ3n) is 6.15. The van der Waals surface area contributed by atoms with E-state index in [1.807, 2.05) is 6.92 Å². The Bertz CT molecular complexity index is 1180. The summed E-state index contributed by atoms with van der Waals surface area (Å²) in [6, 6.07) is 9.50. The fraction of sp³-hybridized carbons (Fsp3) is 0.385. The molecule has 3 aromatic rings. The molecule has 0 radical (unpaired) electrons. The van der Waals surface area contributed by atoms with Gasteiger partial charge in [0.1, 0.15) is 24.3 Å². The van der Waals surface area contributed by atoms with Gasteiger partial charge in [0.05, 0.1) is 36.2 Å². The van der Waals surface area contributed by atoms with Gasteiger partial charge in [-0.3, -0.25) is 4.79 Å². The molecule has 1 saturated heterocycles. The molecule has 0 saturated carbocycles. The second-order valence-electron chi connectivity index (χ2n) is 8.74. The number of benzene rings is 2. The number of phenols is 1. The number of quaternary nitrogens is 1. The van der Waals surface area contributed by atoms with Crippen molar-refractivity contribution in [1.29, 1.82) is 0 Å². The molecule has 33 heavy (non-hydrogen) atoms. The highest BCUT2D eigenvalue weighted by Gasteiger charge is 2.23. The highest BCUT2D eigenvalue weighted by atomic mass is 16.5. The van der Waals surface area contributed by atoms with Crippen molar-refractivity contribution in [2.24, 2.45) is 5.92 Å². The van der Waals surface area contributed by atoms with Gasteiger partial charge in [0.15, 0.2) is 5.58 Å². The van der Waals surface area contributed by atoms with Crippen molar-refractivity contribution in [3.05, 3.63) is 64.0 Å². The van der Waals surface area contributed by atoms with Crippen molar-refractivity contribution in [2.75, 3.05) is 19.7 Å². The van der Waals surface area contributed by atoms with Crippen LogP contribution < -0.4 is 15.1 Å². The molecule has 2 N–H and O–H groups in total. The normalized spacial score (nSPS) is 18.2. The molecule has 1 aliphatic heterocycles. The second kappa shape index (κ2) is 10.1. The van der Waals surface area contributed by atoms with Gasteiger partial charge in [0.25, 0.3) is 0 Å². The minimum absolute atomic E-state index is 0.0413. The number of ether oxygens (including phenoxy) is 2. The summed E-state index contributed by atoms with van der Waals surface area (Å²) in [5.41, 5.74) is 1.14. The molecule has 0 bridgehead atoms. The molecule has 0 unspecified atom stereocenters. The number of piperidine rings is 1. The average Bonchev–Trinajstić information content (AvgIpc) is 2.82. The maximum Gasteiger partial charge on any atom is 0.338 e. The molecule has 1 aliphatic rings. The number of esters is 1. The van der Waals surface area contributed by atoms with E-state index in [0.29, 0.717) is 41.0 Å². The molecule has 0 amide bonds. The quantitative estimate of drug-likeness (QED) is 0.532. The zero-order valence-corrected chi connectivity index (χ0v) is 19.1. The van der Waals surface area contributed by atoms with Crippen LogP contribution in [0, 0.1) is 5.92 Å². The minimum Gasteiger partial charge on any atom is -0.507 e. The van der Waals surface area contributed by atoms with Crippen LogP contribution in [0.5, 0.6) is 17.2 Å². The summed E-state index contributed by atoms with van der Waals surface area (Å²) < 4.78 is 16.7. The van der Waals surface area contributed by atoms with E-state index in [-0.39, 0.29) is 16.9 Å². The molecule has 7 heteroatoms. The maximum atomic E-state index is 13.1. The number of nitrogens with one attached hydrogen (secondary N) is 1.